The van der Waals surface area contributed by atoms with Gasteiger partial charge in [0, 0.05) is 19.6 Å². The average Bonchev–Trinajstić information content (AvgIpc) is 2.62. The van der Waals surface area contributed by atoms with Gasteiger partial charge in [-0.15, -0.1) is 0 Å². The molecule has 1 atom stereocenters. The highest BCUT2D eigenvalue weighted by molar-refractivity contribution is 7.99. The standard InChI is InChI=1S/C11H19NS/c1-10-2-5-12(6-3-10)8-11-4-7-13-9-11/h11H,1-9H2. The molecule has 0 amide bonds. The second kappa shape index (κ2) is 4.52. The Morgan fingerprint density at radius 1 is 1.38 bits per heavy atom. The summed E-state index contributed by atoms with van der Waals surface area (Å²) in [5.74, 6) is 3.78. The SMILES string of the molecule is C=C1CCN(CC2CCSC2)CC1. The Bertz CT molecular complexity index is 175. The Morgan fingerprint density at radius 2 is 2.15 bits per heavy atom. The van der Waals surface area contributed by atoms with Crippen LogP contribution in [0.15, 0.2) is 12.2 Å². The van der Waals surface area contributed by atoms with Gasteiger partial charge in [-0.25, -0.2) is 0 Å². The maximum Gasteiger partial charge on any atom is 0.00187 e. The first kappa shape index (κ1) is 9.60. The lowest BCUT2D eigenvalue weighted by Crippen LogP contribution is -2.34. The number of piperidine rings is 1. The van der Waals surface area contributed by atoms with Crippen LogP contribution in [0.3, 0.4) is 0 Å². The van der Waals surface area contributed by atoms with Crippen LogP contribution in [-0.2, 0) is 0 Å². The normalized spacial score (nSPS) is 31.1. The van der Waals surface area contributed by atoms with Crippen LogP contribution in [0, 0.1) is 5.92 Å². The van der Waals surface area contributed by atoms with E-state index < -0.39 is 0 Å². The highest BCUT2D eigenvalue weighted by atomic mass is 32.2. The van der Waals surface area contributed by atoms with Crippen LogP contribution in [0.2, 0.25) is 0 Å². The second-order valence-electron chi connectivity index (χ2n) is 4.28. The lowest BCUT2D eigenvalue weighted by molar-refractivity contribution is 0.225. The van der Waals surface area contributed by atoms with Gasteiger partial charge in [-0.2, -0.15) is 11.8 Å². The van der Waals surface area contributed by atoms with Crippen LogP contribution in [0.5, 0.6) is 0 Å². The Labute approximate surface area is 85.6 Å². The maximum absolute atomic E-state index is 4.05. The molecule has 0 radical (unpaired) electrons. The Morgan fingerprint density at radius 3 is 2.77 bits per heavy atom. The van der Waals surface area contributed by atoms with Crippen LogP contribution in [-0.4, -0.2) is 36.0 Å². The lowest BCUT2D eigenvalue weighted by atomic mass is 10.0. The highest BCUT2D eigenvalue weighted by Crippen LogP contribution is 2.25. The van der Waals surface area contributed by atoms with Crippen LogP contribution >= 0.6 is 11.8 Å². The summed E-state index contributed by atoms with van der Waals surface area (Å²) in [6.07, 6.45) is 3.92. The molecule has 2 saturated heterocycles. The second-order valence-corrected chi connectivity index (χ2v) is 5.43. The van der Waals surface area contributed by atoms with Crippen molar-refractivity contribution >= 4 is 11.8 Å². The molecule has 2 heteroatoms. The van der Waals surface area contributed by atoms with Gasteiger partial charge in [0.15, 0.2) is 0 Å². The summed E-state index contributed by atoms with van der Waals surface area (Å²) in [5.41, 5.74) is 1.46. The number of likely N-dealkylation sites (tertiary alicyclic amines) is 1. The zero-order valence-corrected chi connectivity index (χ0v) is 9.11. The molecule has 0 N–H and O–H groups in total. The molecular weight excluding hydrogens is 178 g/mol. The summed E-state index contributed by atoms with van der Waals surface area (Å²) >= 11 is 2.13. The monoisotopic (exact) mass is 197 g/mol. The van der Waals surface area contributed by atoms with E-state index in [9.17, 15) is 0 Å². The zero-order chi connectivity index (χ0) is 9.10. The molecule has 0 aromatic carbocycles. The van der Waals surface area contributed by atoms with Crippen molar-refractivity contribution in [3.8, 4) is 0 Å². The first-order chi connectivity index (χ1) is 6.34. The van der Waals surface area contributed by atoms with Gasteiger partial charge in [-0.1, -0.05) is 12.2 Å². The molecule has 2 heterocycles. The molecule has 0 aromatic heterocycles. The number of nitrogens with zero attached hydrogens (tertiary/aromatic N) is 1. The molecule has 0 saturated carbocycles. The van der Waals surface area contributed by atoms with E-state index in [1.807, 2.05) is 0 Å². The quantitative estimate of drug-likeness (QED) is 0.625. The number of thioether (sulfide) groups is 1. The third-order valence-corrected chi connectivity index (χ3v) is 4.34. The molecule has 2 aliphatic rings. The summed E-state index contributed by atoms with van der Waals surface area (Å²) in [6, 6.07) is 0. The largest absolute Gasteiger partial charge is 0.302 e. The zero-order valence-electron chi connectivity index (χ0n) is 8.30. The van der Waals surface area contributed by atoms with Crippen molar-refractivity contribution < 1.29 is 0 Å². The smallest absolute Gasteiger partial charge is 0.00187 e. The van der Waals surface area contributed by atoms with E-state index in [-0.39, 0.29) is 0 Å². The van der Waals surface area contributed by atoms with Crippen LogP contribution in [0.25, 0.3) is 0 Å². The van der Waals surface area contributed by atoms with Crippen molar-refractivity contribution in [1.82, 2.24) is 4.90 Å². The fourth-order valence-electron chi connectivity index (χ4n) is 2.14. The number of rotatable bonds is 2. The topological polar surface area (TPSA) is 3.24 Å². The predicted octanol–water partition coefficient (Wildman–Crippen LogP) is 2.39. The molecule has 2 aliphatic heterocycles. The minimum Gasteiger partial charge on any atom is -0.302 e. The molecule has 74 valence electrons. The van der Waals surface area contributed by atoms with Gasteiger partial charge >= 0.3 is 0 Å². The fraction of sp³-hybridized carbons (Fsp3) is 0.818. The summed E-state index contributed by atoms with van der Waals surface area (Å²) in [4.78, 5) is 2.63. The summed E-state index contributed by atoms with van der Waals surface area (Å²) < 4.78 is 0. The van der Waals surface area contributed by atoms with Crippen LogP contribution in [0.1, 0.15) is 19.3 Å². The van der Waals surface area contributed by atoms with Gasteiger partial charge in [0.25, 0.3) is 0 Å². The molecule has 1 nitrogen and oxygen atoms in total. The van der Waals surface area contributed by atoms with Gasteiger partial charge < -0.3 is 4.90 Å². The van der Waals surface area contributed by atoms with E-state index >= 15 is 0 Å². The predicted molar refractivity (Wildman–Crippen MR) is 60.2 cm³/mol. The van der Waals surface area contributed by atoms with Crippen molar-refractivity contribution in [2.24, 2.45) is 5.92 Å². The molecular formula is C11H19NS. The van der Waals surface area contributed by atoms with E-state index in [0.29, 0.717) is 0 Å². The Hall–Kier alpha value is 0.0500. The third kappa shape index (κ3) is 2.75. The average molecular weight is 197 g/mol. The van der Waals surface area contributed by atoms with E-state index in [2.05, 4.69) is 23.2 Å². The van der Waals surface area contributed by atoms with Gasteiger partial charge in [0.05, 0.1) is 0 Å². The maximum atomic E-state index is 4.05. The third-order valence-electron chi connectivity index (χ3n) is 3.10. The summed E-state index contributed by atoms with van der Waals surface area (Å²) in [6.45, 7) is 7.92. The molecule has 1 unspecified atom stereocenters. The van der Waals surface area contributed by atoms with E-state index in [1.165, 1.54) is 56.0 Å². The van der Waals surface area contributed by atoms with Gasteiger partial charge in [-0.05, 0) is 36.7 Å². The fourth-order valence-corrected chi connectivity index (χ4v) is 3.42. The van der Waals surface area contributed by atoms with Crippen molar-refractivity contribution in [2.75, 3.05) is 31.1 Å². The van der Waals surface area contributed by atoms with Gasteiger partial charge in [0.1, 0.15) is 0 Å². The van der Waals surface area contributed by atoms with Crippen molar-refractivity contribution in [3.05, 3.63) is 12.2 Å². The van der Waals surface area contributed by atoms with E-state index in [4.69, 9.17) is 0 Å². The van der Waals surface area contributed by atoms with Crippen LogP contribution in [0.4, 0.5) is 0 Å². The number of hydrogen-bond acceptors (Lipinski definition) is 2. The van der Waals surface area contributed by atoms with Crippen LogP contribution < -0.4 is 0 Å². The Balaban J connectivity index is 1.72. The first-order valence-electron chi connectivity index (χ1n) is 5.31. The summed E-state index contributed by atoms with van der Waals surface area (Å²) in [7, 11) is 0. The molecule has 2 fully saturated rings. The molecule has 2 rings (SSSR count). The Kier molecular flexibility index (Phi) is 3.33. The van der Waals surface area contributed by atoms with Crippen molar-refractivity contribution in [3.63, 3.8) is 0 Å². The van der Waals surface area contributed by atoms with Crippen molar-refractivity contribution in [1.29, 1.82) is 0 Å². The lowest BCUT2D eigenvalue weighted by Gasteiger charge is -2.29. The van der Waals surface area contributed by atoms with Gasteiger partial charge in [-0.3, -0.25) is 0 Å². The van der Waals surface area contributed by atoms with E-state index in [0.717, 1.165) is 5.92 Å². The molecule has 0 spiro atoms. The number of hydrogen-bond donors (Lipinski definition) is 0. The summed E-state index contributed by atoms with van der Waals surface area (Å²) in [5, 5.41) is 0. The molecule has 0 aromatic rings. The van der Waals surface area contributed by atoms with Crippen molar-refractivity contribution in [2.45, 2.75) is 19.3 Å². The molecule has 0 aliphatic carbocycles. The molecule has 13 heavy (non-hydrogen) atoms. The van der Waals surface area contributed by atoms with Gasteiger partial charge in [0.2, 0.25) is 0 Å². The highest BCUT2D eigenvalue weighted by Gasteiger charge is 2.20. The van der Waals surface area contributed by atoms with E-state index in [1.54, 1.807) is 0 Å². The first-order valence-corrected chi connectivity index (χ1v) is 6.47. The minimum atomic E-state index is 0.983. The molecule has 0 bridgehead atoms. The minimum absolute atomic E-state index is 0.983.